The smallest absolute Gasteiger partial charge is 0.306 e. The molecule has 10 atom stereocenters. The number of hydrogen-bond acceptors (Lipinski definition) is 10. The number of guanidine groups is 2. The van der Waals surface area contributed by atoms with Gasteiger partial charge in [0.15, 0.2) is 0 Å². The summed E-state index contributed by atoms with van der Waals surface area (Å²) in [6.07, 6.45) is 7.39. The van der Waals surface area contributed by atoms with Gasteiger partial charge >= 0.3 is 11.9 Å². The summed E-state index contributed by atoms with van der Waals surface area (Å²) < 4.78 is 13.4. The minimum absolute atomic E-state index is 0.00782. The number of rotatable bonds is 12. The topological polar surface area (TPSA) is 228 Å². The number of carbonyl (C=O) groups excluding carboxylic acids is 4. The Hall–Kier alpha value is -7.62. The molecule has 0 spiro atoms. The summed E-state index contributed by atoms with van der Waals surface area (Å²) in [5.41, 5.74) is 24.9. The number of nitrogens with two attached hydrogens (primary N) is 4. The number of amides is 2. The fourth-order valence-electron chi connectivity index (χ4n) is 15.8. The van der Waals surface area contributed by atoms with Gasteiger partial charge in [0.05, 0.1) is 39.0 Å². The lowest BCUT2D eigenvalue weighted by Gasteiger charge is -2.56. The van der Waals surface area contributed by atoms with Gasteiger partial charge in [-0.15, -0.1) is 10.2 Å². The highest BCUT2D eigenvalue weighted by Gasteiger charge is 2.53. The summed E-state index contributed by atoms with van der Waals surface area (Å²) in [4.78, 5) is 58.9. The molecule has 6 aromatic carbocycles. The summed E-state index contributed by atoms with van der Waals surface area (Å²) in [6, 6.07) is 39.5. The van der Waals surface area contributed by atoms with Crippen LogP contribution in [0.15, 0.2) is 119 Å². The van der Waals surface area contributed by atoms with E-state index in [-0.39, 0.29) is 97.2 Å². The molecule has 418 valence electrons. The molecule has 4 aliphatic carbocycles. The van der Waals surface area contributed by atoms with E-state index in [0.717, 1.165) is 51.4 Å². The van der Waals surface area contributed by atoms with Crippen molar-refractivity contribution in [3.63, 3.8) is 0 Å². The van der Waals surface area contributed by atoms with Gasteiger partial charge in [0.1, 0.15) is 12.2 Å². The van der Waals surface area contributed by atoms with Crippen LogP contribution in [0.2, 0.25) is 0 Å². The van der Waals surface area contributed by atoms with Crippen molar-refractivity contribution in [2.75, 3.05) is 52.4 Å². The minimum Gasteiger partial charge on any atom is -0.462 e. The van der Waals surface area contributed by atoms with E-state index in [9.17, 15) is 19.2 Å². The molecule has 8 N–H and O–H groups in total. The Balaban J connectivity index is 0.819. The molecular formula is C64H76N10O6. The van der Waals surface area contributed by atoms with Crippen molar-refractivity contribution in [1.82, 2.24) is 19.8 Å². The van der Waals surface area contributed by atoms with Crippen LogP contribution in [0, 0.1) is 35.5 Å². The Kier molecular flexibility index (Phi) is 15.2. The van der Waals surface area contributed by atoms with Crippen LogP contribution >= 0.6 is 0 Å². The lowest BCUT2D eigenvalue weighted by atomic mass is 9.50. The fourth-order valence-corrected chi connectivity index (χ4v) is 15.8. The van der Waals surface area contributed by atoms with Crippen LogP contribution in [0.5, 0.6) is 0 Å². The normalized spacial score (nSPS) is 26.7. The molecule has 2 heterocycles. The lowest BCUT2D eigenvalue weighted by molar-refractivity contribution is -0.158. The van der Waals surface area contributed by atoms with Crippen LogP contribution in [0.3, 0.4) is 0 Å². The van der Waals surface area contributed by atoms with E-state index in [0.29, 0.717) is 76.0 Å². The quantitative estimate of drug-likeness (QED) is 0.0395. The molecule has 2 unspecified atom stereocenters. The van der Waals surface area contributed by atoms with Gasteiger partial charge in [-0.3, -0.25) is 29.2 Å². The molecule has 2 amide bonds. The number of hydrazone groups is 2. The largest absolute Gasteiger partial charge is 0.462 e. The first-order chi connectivity index (χ1) is 38.9. The molecule has 0 bridgehead atoms. The second-order valence-electron chi connectivity index (χ2n) is 23.8. The SMILES string of the molecule is NC(N)=NN1CCN(C(=O)CCC(=O)O[C@H]2CC[C@@H]3CC4C[C@@H]5CC[C@@H](OC(=O)CCC(=O)N6CCN(N=C(N)N)CC6)[C@H](c6cccc7c6ccc6ccccc67)[C@H]5CC4C[C@H]3[C@@H]2c2cccc3c2ccc2ccccc23)CC1. The molecule has 6 aromatic rings. The van der Waals surface area contributed by atoms with Crippen molar-refractivity contribution in [2.45, 2.75) is 101 Å². The lowest BCUT2D eigenvalue weighted by Crippen LogP contribution is -2.49. The summed E-state index contributed by atoms with van der Waals surface area (Å²) in [7, 11) is 0. The van der Waals surface area contributed by atoms with Gasteiger partial charge in [-0.2, -0.15) is 0 Å². The summed E-state index contributed by atoms with van der Waals surface area (Å²) >= 11 is 0. The van der Waals surface area contributed by atoms with E-state index >= 15 is 0 Å². The van der Waals surface area contributed by atoms with Gasteiger partial charge in [0.25, 0.3) is 0 Å². The molecular weight excluding hydrogens is 1000 g/mol. The van der Waals surface area contributed by atoms with Crippen LogP contribution in [0.25, 0.3) is 43.1 Å². The highest BCUT2D eigenvalue weighted by atomic mass is 16.5. The van der Waals surface area contributed by atoms with Crippen LogP contribution in [0.1, 0.15) is 100 Å². The van der Waals surface area contributed by atoms with Gasteiger partial charge in [0.2, 0.25) is 23.7 Å². The van der Waals surface area contributed by atoms with Crippen LogP contribution < -0.4 is 22.9 Å². The number of piperazine rings is 2. The summed E-state index contributed by atoms with van der Waals surface area (Å²) in [5.74, 6) is 1.61. The van der Waals surface area contributed by atoms with Crippen molar-refractivity contribution in [1.29, 1.82) is 0 Å². The minimum atomic E-state index is -0.343. The molecule has 4 saturated carbocycles. The Labute approximate surface area is 467 Å². The molecule has 6 aliphatic rings. The molecule has 12 rings (SSSR count). The number of carbonyl (C=O) groups is 4. The van der Waals surface area contributed by atoms with Crippen molar-refractivity contribution in [3.8, 4) is 0 Å². The van der Waals surface area contributed by atoms with Gasteiger partial charge in [-0.05, 0) is 141 Å². The molecule has 6 fully saturated rings. The van der Waals surface area contributed by atoms with Crippen molar-refractivity contribution in [3.05, 3.63) is 120 Å². The van der Waals surface area contributed by atoms with Crippen LogP contribution in [-0.4, -0.2) is 120 Å². The molecule has 16 heteroatoms. The number of nitrogens with zero attached hydrogens (tertiary/aromatic N) is 6. The zero-order valence-electron chi connectivity index (χ0n) is 45.8. The second-order valence-corrected chi connectivity index (χ2v) is 23.8. The Morgan fingerprint density at radius 1 is 0.412 bits per heavy atom. The third-order valence-electron chi connectivity index (χ3n) is 19.3. The maximum Gasteiger partial charge on any atom is 0.306 e. The Bertz CT molecular complexity index is 3140. The maximum absolute atomic E-state index is 14.1. The molecule has 2 saturated heterocycles. The second kappa shape index (κ2) is 22.9. The van der Waals surface area contributed by atoms with Crippen LogP contribution in [0.4, 0.5) is 0 Å². The van der Waals surface area contributed by atoms with Crippen molar-refractivity contribution < 1.29 is 28.7 Å². The van der Waals surface area contributed by atoms with Crippen LogP contribution in [-0.2, 0) is 28.7 Å². The molecule has 2 aliphatic heterocycles. The maximum atomic E-state index is 14.1. The Morgan fingerprint density at radius 3 is 1.24 bits per heavy atom. The first-order valence-electron chi connectivity index (χ1n) is 29.4. The predicted molar refractivity (Wildman–Crippen MR) is 312 cm³/mol. The van der Waals surface area contributed by atoms with E-state index in [1.54, 1.807) is 19.8 Å². The summed E-state index contributed by atoms with van der Waals surface area (Å²) in [6.45, 7) is 4.01. The van der Waals surface area contributed by atoms with Gasteiger partial charge in [-0.1, -0.05) is 109 Å². The van der Waals surface area contributed by atoms with E-state index in [2.05, 4.69) is 119 Å². The van der Waals surface area contributed by atoms with E-state index in [1.165, 1.54) is 54.2 Å². The summed E-state index contributed by atoms with van der Waals surface area (Å²) in [5, 5.41) is 21.4. The van der Waals surface area contributed by atoms with Crippen molar-refractivity contribution in [2.24, 2.45) is 68.6 Å². The van der Waals surface area contributed by atoms with E-state index in [1.807, 2.05) is 0 Å². The standard InChI is InChI=1S/C64H76N10O6/c65-63(66)69-73-31-27-71(28-32-73)57(75)23-25-59(77)79-55-21-17-41-35-43-36-42-18-22-56(80-60(78)26-24-58(76)72-29-33-74(34-30-72)70-64(67)68)62(52-14-6-12-48-46-10-4-2-8-40(46)16-20-50(48)52)54(42)38-44(43)37-53(41)61(55)51-13-5-11-47-45-9-3-1-7-39(45)15-19-49(47)51/h1-16,19-20,41-44,53-56,61-62H,17-18,21-38H2,(H4,65,66,69)(H4,67,68,70)/t41-,42+,43?,44?,53-,54+,55+,56-,61+,62-. The monoisotopic (exact) mass is 1080 g/mol. The average molecular weight is 1080 g/mol. The van der Waals surface area contributed by atoms with Crippen molar-refractivity contribution >= 4 is 78.8 Å². The molecule has 16 nitrogen and oxygen atoms in total. The zero-order valence-corrected chi connectivity index (χ0v) is 45.8. The highest BCUT2D eigenvalue weighted by molar-refractivity contribution is 6.09. The highest BCUT2D eigenvalue weighted by Crippen LogP contribution is 2.61. The number of hydrogen-bond donors (Lipinski definition) is 4. The predicted octanol–water partition coefficient (Wildman–Crippen LogP) is 8.09. The number of esters is 2. The van der Waals surface area contributed by atoms with E-state index in [4.69, 9.17) is 32.4 Å². The van der Waals surface area contributed by atoms with E-state index < -0.39 is 0 Å². The fraction of sp³-hybridized carbons (Fsp3) is 0.469. The van der Waals surface area contributed by atoms with Gasteiger partial charge in [-0.25, -0.2) is 0 Å². The average Bonchev–Trinajstić information content (AvgIpc) is 3.50. The molecule has 0 radical (unpaired) electrons. The third-order valence-corrected chi connectivity index (χ3v) is 19.3. The Morgan fingerprint density at radius 2 is 0.812 bits per heavy atom. The molecule has 80 heavy (non-hydrogen) atoms. The number of benzene rings is 6. The van der Waals surface area contributed by atoms with Gasteiger partial charge in [0, 0.05) is 50.9 Å². The number of fused-ring (bicyclic) bond motifs is 9. The first kappa shape index (κ1) is 53.0. The number of ether oxygens (including phenoxy) is 2. The third kappa shape index (κ3) is 10.9. The first-order valence-corrected chi connectivity index (χ1v) is 29.4. The molecule has 0 aromatic heterocycles. The zero-order chi connectivity index (χ0) is 55.0. The van der Waals surface area contributed by atoms with Gasteiger partial charge < -0.3 is 42.2 Å².